The Labute approximate surface area is 240 Å². The second-order valence-electron chi connectivity index (χ2n) is 10.9. The molecule has 4 aromatic rings. The van der Waals surface area contributed by atoms with Gasteiger partial charge in [-0.3, -0.25) is 11.4 Å². The van der Waals surface area contributed by atoms with E-state index in [0.29, 0.717) is 0 Å². The molecule has 0 aliphatic heterocycles. The van der Waals surface area contributed by atoms with E-state index in [-0.39, 0.29) is 31.7 Å². The Morgan fingerprint density at radius 1 is 0.605 bits per heavy atom. The summed E-state index contributed by atoms with van der Waals surface area (Å²) in [6.45, 7) is 10.8. The molecule has 1 heterocycles. The Morgan fingerprint density at radius 3 is 1.37 bits per heavy atom. The van der Waals surface area contributed by atoms with Crippen molar-refractivity contribution in [3.8, 4) is 33.8 Å². The maximum absolute atomic E-state index is 11.4. The molecule has 0 N–H and O–H groups in total. The number of ketones is 2. The second kappa shape index (κ2) is 13.4. The predicted molar refractivity (Wildman–Crippen MR) is 150 cm³/mol. The van der Waals surface area contributed by atoms with Crippen molar-refractivity contribution < 1.29 is 29.7 Å². The van der Waals surface area contributed by atoms with Crippen LogP contribution in [0.5, 0.6) is 0 Å². The van der Waals surface area contributed by atoms with Gasteiger partial charge in [-0.05, 0) is 27.8 Å². The Hall–Kier alpha value is -3.40. The van der Waals surface area contributed by atoms with Crippen LogP contribution in [0.2, 0.25) is 0 Å². The van der Waals surface area contributed by atoms with Crippen LogP contribution in [0, 0.1) is 23.4 Å². The number of carbonyl (C=O) groups excluding carboxylic acids is 2. The van der Waals surface area contributed by atoms with Gasteiger partial charge < -0.3 is 14.6 Å². The third-order valence-electron chi connectivity index (χ3n) is 5.60. The van der Waals surface area contributed by atoms with Crippen molar-refractivity contribution >= 4 is 11.6 Å². The van der Waals surface area contributed by atoms with Crippen LogP contribution in [0.3, 0.4) is 0 Å². The third kappa shape index (κ3) is 8.58. The molecule has 0 spiro atoms. The quantitative estimate of drug-likeness (QED) is 0.160. The first-order valence-electron chi connectivity index (χ1n) is 12.4. The van der Waals surface area contributed by atoms with Crippen LogP contribution in [0.1, 0.15) is 41.5 Å². The molecule has 4 rings (SSSR count). The summed E-state index contributed by atoms with van der Waals surface area (Å²) in [5.74, 6) is -0.208. The van der Waals surface area contributed by atoms with E-state index in [4.69, 9.17) is 4.98 Å². The normalized spacial score (nSPS) is 10.9. The molecule has 1 aromatic heterocycles. The Morgan fingerprint density at radius 2 is 0.974 bits per heavy atom. The van der Waals surface area contributed by atoms with Gasteiger partial charge in [0.15, 0.2) is 0 Å². The molecule has 5 heteroatoms. The molecule has 4 nitrogen and oxygen atoms in total. The van der Waals surface area contributed by atoms with Crippen LogP contribution in [0.15, 0.2) is 91.0 Å². The zero-order chi connectivity index (χ0) is 27.1. The summed E-state index contributed by atoms with van der Waals surface area (Å²) in [4.78, 5) is 32.4. The SMILES string of the molecule is CC(C)(C)C(=O)[CH-]C(=O)C(C)(C)C.[Ir].[c-]1nc(-c2ccccc2)c(-c2ccccc2)nc1-c1ccccc1. The molecule has 0 unspecified atom stereocenters. The summed E-state index contributed by atoms with van der Waals surface area (Å²) in [5.41, 5.74) is 4.67. The van der Waals surface area contributed by atoms with Crippen LogP contribution >= 0.6 is 0 Å². The second-order valence-corrected chi connectivity index (χ2v) is 10.9. The minimum Gasteiger partial charge on any atom is -0.381 e. The van der Waals surface area contributed by atoms with E-state index in [9.17, 15) is 9.59 Å². The summed E-state index contributed by atoms with van der Waals surface area (Å²) in [5, 5.41) is 0. The van der Waals surface area contributed by atoms with Crippen LogP contribution in [0.25, 0.3) is 33.8 Å². The van der Waals surface area contributed by atoms with E-state index in [2.05, 4.69) is 23.3 Å². The van der Waals surface area contributed by atoms with Crippen LogP contribution < -0.4 is 0 Å². The minimum atomic E-state index is -0.457. The van der Waals surface area contributed by atoms with Gasteiger partial charge in [-0.15, -0.1) is 12.1 Å². The Bertz CT molecular complexity index is 1300. The van der Waals surface area contributed by atoms with Gasteiger partial charge in [0.1, 0.15) is 0 Å². The van der Waals surface area contributed by atoms with Crippen molar-refractivity contribution in [3.63, 3.8) is 0 Å². The van der Waals surface area contributed by atoms with Gasteiger partial charge in [0, 0.05) is 37.4 Å². The fourth-order valence-corrected chi connectivity index (χ4v) is 3.22. The number of carbonyl (C=O) groups is 2. The van der Waals surface area contributed by atoms with Crippen molar-refractivity contribution in [2.24, 2.45) is 10.8 Å². The molecule has 0 atom stereocenters. The van der Waals surface area contributed by atoms with Gasteiger partial charge in [0.25, 0.3) is 0 Å². The molecular formula is C33H34IrN2O2-2. The standard InChI is InChI=1S/C22H15N2.C11H19O2.Ir/c1-4-10-17(11-5-1)20-16-23-21(18-12-6-2-7-13-18)22(24-20)19-14-8-3-9-15-19;1-10(2,3)8(12)7-9(13)11(4,5)6;/h1-15H;7H,1-6H3;/q2*-1;. The zero-order valence-corrected chi connectivity index (χ0v) is 25.2. The minimum absolute atomic E-state index is 0. The first kappa shape index (κ1) is 30.8. The van der Waals surface area contributed by atoms with Gasteiger partial charge in [-0.1, -0.05) is 138 Å². The van der Waals surface area contributed by atoms with Crippen molar-refractivity contribution in [1.29, 1.82) is 0 Å². The summed E-state index contributed by atoms with van der Waals surface area (Å²) >= 11 is 0. The van der Waals surface area contributed by atoms with Crippen molar-refractivity contribution in [3.05, 3.63) is 104 Å². The number of benzene rings is 3. The summed E-state index contributed by atoms with van der Waals surface area (Å²) < 4.78 is 0. The molecule has 199 valence electrons. The average Bonchev–Trinajstić information content (AvgIpc) is 2.89. The molecule has 0 fully saturated rings. The topological polar surface area (TPSA) is 59.9 Å². The largest absolute Gasteiger partial charge is 0.381 e. The van der Waals surface area contributed by atoms with E-state index in [1.165, 1.54) is 6.42 Å². The van der Waals surface area contributed by atoms with E-state index < -0.39 is 10.8 Å². The number of aromatic nitrogens is 2. The maximum atomic E-state index is 11.4. The van der Waals surface area contributed by atoms with Gasteiger partial charge in [0.05, 0.1) is 0 Å². The van der Waals surface area contributed by atoms with E-state index in [1.54, 1.807) is 0 Å². The zero-order valence-electron chi connectivity index (χ0n) is 22.8. The van der Waals surface area contributed by atoms with Crippen molar-refractivity contribution in [2.45, 2.75) is 41.5 Å². The molecule has 0 aliphatic rings. The summed E-state index contributed by atoms with van der Waals surface area (Å²) in [6.07, 6.45) is 4.32. The summed E-state index contributed by atoms with van der Waals surface area (Å²) in [6, 6.07) is 30.3. The predicted octanol–water partition coefficient (Wildman–Crippen LogP) is 7.70. The Balaban J connectivity index is 0.000000313. The number of hydrogen-bond acceptors (Lipinski definition) is 4. The Kier molecular flexibility index (Phi) is 10.9. The molecule has 0 amide bonds. The average molecular weight is 683 g/mol. The number of hydrogen-bond donors (Lipinski definition) is 0. The van der Waals surface area contributed by atoms with Gasteiger partial charge in [-0.25, -0.2) is 0 Å². The molecule has 0 saturated heterocycles. The van der Waals surface area contributed by atoms with Crippen molar-refractivity contribution in [2.75, 3.05) is 0 Å². The van der Waals surface area contributed by atoms with Crippen LogP contribution in [-0.4, -0.2) is 21.5 Å². The molecule has 0 bridgehead atoms. The number of rotatable bonds is 5. The van der Waals surface area contributed by atoms with E-state index >= 15 is 0 Å². The van der Waals surface area contributed by atoms with E-state index in [0.717, 1.165) is 33.8 Å². The maximum Gasteiger partial charge on any atom is 0.0398 e. The molecule has 38 heavy (non-hydrogen) atoms. The van der Waals surface area contributed by atoms with Crippen LogP contribution in [0.4, 0.5) is 0 Å². The van der Waals surface area contributed by atoms with Crippen molar-refractivity contribution in [1.82, 2.24) is 9.97 Å². The van der Waals surface area contributed by atoms with Crippen LogP contribution in [-0.2, 0) is 29.7 Å². The van der Waals surface area contributed by atoms with E-state index in [1.807, 2.05) is 120 Å². The third-order valence-corrected chi connectivity index (χ3v) is 5.60. The smallest absolute Gasteiger partial charge is 0.0398 e. The summed E-state index contributed by atoms with van der Waals surface area (Å²) in [7, 11) is 0. The monoisotopic (exact) mass is 683 g/mol. The molecular weight excluding hydrogens is 649 g/mol. The molecule has 0 saturated carbocycles. The first-order valence-corrected chi connectivity index (χ1v) is 12.4. The number of Topliss-reactive ketones (excluding diaryl/α,β-unsaturated/α-hetero) is 2. The fraction of sp³-hybridized carbons (Fsp3) is 0.242. The molecule has 0 aliphatic carbocycles. The van der Waals surface area contributed by atoms with Gasteiger partial charge in [0.2, 0.25) is 0 Å². The molecule has 3 aromatic carbocycles. The van der Waals surface area contributed by atoms with Gasteiger partial charge in [-0.2, -0.15) is 0 Å². The fourth-order valence-electron chi connectivity index (χ4n) is 3.22. The number of nitrogens with zero attached hydrogens (tertiary/aromatic N) is 2. The first-order chi connectivity index (χ1) is 17.5. The van der Waals surface area contributed by atoms with Gasteiger partial charge >= 0.3 is 0 Å². The molecule has 1 radical (unpaired) electrons.